The zero-order chi connectivity index (χ0) is 12.7. The topological polar surface area (TPSA) is 52.4 Å². The Bertz CT molecular complexity index is 389. The fourth-order valence-corrected chi connectivity index (χ4v) is 1.54. The third-order valence-corrected chi connectivity index (χ3v) is 2.65. The molecule has 0 saturated heterocycles. The van der Waals surface area contributed by atoms with Gasteiger partial charge in [-0.3, -0.25) is 10.1 Å². The van der Waals surface area contributed by atoms with Crippen LogP contribution in [0.15, 0.2) is 24.3 Å². The molecule has 0 heterocycles. The van der Waals surface area contributed by atoms with Gasteiger partial charge >= 0.3 is 0 Å². The molecule has 92 valence electrons. The van der Waals surface area contributed by atoms with Crippen molar-refractivity contribution in [3.8, 4) is 0 Å². The number of hydrogen-bond donors (Lipinski definition) is 0. The molecule has 0 amide bonds. The quantitative estimate of drug-likeness (QED) is 0.337. The summed E-state index contributed by atoms with van der Waals surface area (Å²) in [5.74, 6) is 0. The highest BCUT2D eigenvalue weighted by Gasteiger charge is 2.07. The van der Waals surface area contributed by atoms with Crippen LogP contribution in [0.5, 0.6) is 0 Å². The van der Waals surface area contributed by atoms with Crippen LogP contribution in [0.25, 0.3) is 0 Å². The van der Waals surface area contributed by atoms with E-state index in [2.05, 4.69) is 6.92 Å². The van der Waals surface area contributed by atoms with Crippen LogP contribution in [0.1, 0.15) is 31.7 Å². The van der Waals surface area contributed by atoms with Crippen LogP contribution in [-0.2, 0) is 4.74 Å². The molecule has 1 aromatic rings. The molecule has 0 aromatic heterocycles. The number of thiocarbonyl (C=S) groups is 1. The summed E-state index contributed by atoms with van der Waals surface area (Å²) in [4.78, 5) is 10.0. The predicted octanol–water partition coefficient (Wildman–Crippen LogP) is 3.48. The molecule has 1 rings (SSSR count). The van der Waals surface area contributed by atoms with E-state index in [9.17, 15) is 10.1 Å². The fraction of sp³-hybridized carbons (Fsp3) is 0.417. The van der Waals surface area contributed by atoms with Crippen molar-refractivity contribution in [1.82, 2.24) is 0 Å². The first kappa shape index (κ1) is 13.6. The van der Waals surface area contributed by atoms with Gasteiger partial charge in [0.15, 0.2) is 5.05 Å². The molecule has 4 nitrogen and oxygen atoms in total. The monoisotopic (exact) mass is 253 g/mol. The van der Waals surface area contributed by atoms with E-state index in [0.29, 0.717) is 17.2 Å². The zero-order valence-corrected chi connectivity index (χ0v) is 10.5. The molecule has 17 heavy (non-hydrogen) atoms. The molecule has 1 aromatic carbocycles. The fourth-order valence-electron chi connectivity index (χ4n) is 1.32. The molecule has 5 heteroatoms. The summed E-state index contributed by atoms with van der Waals surface area (Å²) in [6, 6.07) is 6.08. The molecule has 0 atom stereocenters. The molecule has 0 saturated carbocycles. The molecule has 0 fully saturated rings. The lowest BCUT2D eigenvalue weighted by molar-refractivity contribution is -0.384. The van der Waals surface area contributed by atoms with E-state index in [1.807, 2.05) is 0 Å². The summed E-state index contributed by atoms with van der Waals surface area (Å²) in [6.45, 7) is 2.72. The number of hydrogen-bond acceptors (Lipinski definition) is 4. The van der Waals surface area contributed by atoms with Gasteiger partial charge in [-0.05, 0) is 30.8 Å². The Morgan fingerprint density at radius 3 is 2.53 bits per heavy atom. The van der Waals surface area contributed by atoms with E-state index in [4.69, 9.17) is 17.0 Å². The Morgan fingerprint density at radius 1 is 1.35 bits per heavy atom. The van der Waals surface area contributed by atoms with Crippen molar-refractivity contribution in [3.05, 3.63) is 39.9 Å². The molecular weight excluding hydrogens is 238 g/mol. The standard InChI is InChI=1S/C12H15NO3S/c1-2-3-4-9-16-12(17)10-5-7-11(8-6-10)13(14)15/h5-8H,2-4,9H2,1H3. The lowest BCUT2D eigenvalue weighted by Crippen LogP contribution is -2.05. The Hall–Kier alpha value is -1.49. The summed E-state index contributed by atoms with van der Waals surface area (Å²) in [7, 11) is 0. The number of nitrogens with zero attached hydrogens (tertiary/aromatic N) is 1. The van der Waals surface area contributed by atoms with E-state index < -0.39 is 4.92 Å². The van der Waals surface area contributed by atoms with E-state index in [1.165, 1.54) is 12.1 Å². The molecule has 0 spiro atoms. The smallest absolute Gasteiger partial charge is 0.269 e. The van der Waals surface area contributed by atoms with E-state index in [0.717, 1.165) is 19.3 Å². The molecule has 0 bridgehead atoms. The summed E-state index contributed by atoms with van der Waals surface area (Å²) in [5.41, 5.74) is 0.768. The van der Waals surface area contributed by atoms with Crippen molar-refractivity contribution in [2.24, 2.45) is 0 Å². The average molecular weight is 253 g/mol. The minimum atomic E-state index is -0.436. The molecule has 0 aliphatic heterocycles. The van der Waals surface area contributed by atoms with Gasteiger partial charge in [0.05, 0.1) is 11.5 Å². The zero-order valence-electron chi connectivity index (χ0n) is 9.72. The summed E-state index contributed by atoms with van der Waals surface area (Å²) in [5, 5.41) is 10.9. The summed E-state index contributed by atoms with van der Waals surface area (Å²) >= 11 is 5.09. The van der Waals surface area contributed by atoms with Gasteiger partial charge in [-0.25, -0.2) is 0 Å². The van der Waals surface area contributed by atoms with Crippen LogP contribution < -0.4 is 0 Å². The Kier molecular flexibility index (Phi) is 5.56. The number of unbranched alkanes of at least 4 members (excludes halogenated alkanes) is 2. The third kappa shape index (κ3) is 4.48. The Morgan fingerprint density at radius 2 is 2.00 bits per heavy atom. The van der Waals surface area contributed by atoms with Crippen LogP contribution in [0.2, 0.25) is 0 Å². The summed E-state index contributed by atoms with van der Waals surface area (Å²) < 4.78 is 5.39. The van der Waals surface area contributed by atoms with Gasteiger partial charge in [0.1, 0.15) is 0 Å². The molecule has 0 radical (unpaired) electrons. The van der Waals surface area contributed by atoms with Gasteiger partial charge < -0.3 is 4.74 Å². The van der Waals surface area contributed by atoms with E-state index >= 15 is 0 Å². The third-order valence-electron chi connectivity index (χ3n) is 2.29. The van der Waals surface area contributed by atoms with Gasteiger partial charge in [-0.15, -0.1) is 0 Å². The minimum Gasteiger partial charge on any atom is -0.483 e. The van der Waals surface area contributed by atoms with Crippen molar-refractivity contribution in [1.29, 1.82) is 0 Å². The minimum absolute atomic E-state index is 0.0579. The molecule has 0 N–H and O–H groups in total. The largest absolute Gasteiger partial charge is 0.483 e. The first-order valence-electron chi connectivity index (χ1n) is 5.56. The molecular formula is C12H15NO3S. The predicted molar refractivity (Wildman–Crippen MR) is 70.3 cm³/mol. The Labute approximate surface area is 106 Å². The van der Waals surface area contributed by atoms with Crippen molar-refractivity contribution in [3.63, 3.8) is 0 Å². The van der Waals surface area contributed by atoms with Crippen LogP contribution in [0.3, 0.4) is 0 Å². The number of benzene rings is 1. The van der Waals surface area contributed by atoms with Gasteiger partial charge in [0, 0.05) is 17.7 Å². The van der Waals surface area contributed by atoms with Crippen LogP contribution in [0.4, 0.5) is 5.69 Å². The second-order valence-electron chi connectivity index (χ2n) is 3.65. The van der Waals surface area contributed by atoms with Crippen LogP contribution in [0, 0.1) is 10.1 Å². The van der Waals surface area contributed by atoms with Crippen molar-refractivity contribution >= 4 is 23.0 Å². The molecule has 0 aliphatic rings. The second kappa shape index (κ2) is 6.96. The second-order valence-corrected chi connectivity index (χ2v) is 4.02. The summed E-state index contributed by atoms with van der Waals surface area (Å²) in [6.07, 6.45) is 3.22. The normalized spacial score (nSPS) is 9.94. The van der Waals surface area contributed by atoms with Gasteiger partial charge in [-0.2, -0.15) is 0 Å². The highest BCUT2D eigenvalue weighted by atomic mass is 32.1. The van der Waals surface area contributed by atoms with E-state index in [1.54, 1.807) is 12.1 Å². The molecule has 0 unspecified atom stereocenters. The van der Waals surface area contributed by atoms with E-state index in [-0.39, 0.29) is 5.69 Å². The average Bonchev–Trinajstić information content (AvgIpc) is 2.34. The SMILES string of the molecule is CCCCCOC(=S)c1ccc([N+](=O)[O-])cc1. The van der Waals surface area contributed by atoms with Gasteiger partial charge in [0.2, 0.25) is 0 Å². The number of rotatable bonds is 6. The number of ether oxygens (including phenoxy) is 1. The van der Waals surface area contributed by atoms with Crippen molar-refractivity contribution < 1.29 is 9.66 Å². The maximum absolute atomic E-state index is 10.5. The first-order chi connectivity index (χ1) is 8.15. The maximum atomic E-state index is 10.5. The molecule has 0 aliphatic carbocycles. The first-order valence-corrected chi connectivity index (χ1v) is 5.97. The number of nitro benzene ring substituents is 1. The van der Waals surface area contributed by atoms with Crippen LogP contribution >= 0.6 is 12.2 Å². The van der Waals surface area contributed by atoms with Crippen molar-refractivity contribution in [2.45, 2.75) is 26.2 Å². The van der Waals surface area contributed by atoms with Crippen LogP contribution in [-0.4, -0.2) is 16.6 Å². The van der Waals surface area contributed by atoms with Crippen molar-refractivity contribution in [2.75, 3.05) is 6.61 Å². The lowest BCUT2D eigenvalue weighted by atomic mass is 10.2. The Balaban J connectivity index is 2.49. The highest BCUT2D eigenvalue weighted by molar-refractivity contribution is 7.80. The number of non-ortho nitro benzene ring substituents is 1. The van der Waals surface area contributed by atoms with Gasteiger partial charge in [0.25, 0.3) is 5.69 Å². The number of nitro groups is 1. The highest BCUT2D eigenvalue weighted by Crippen LogP contribution is 2.13. The maximum Gasteiger partial charge on any atom is 0.269 e. The lowest BCUT2D eigenvalue weighted by Gasteiger charge is -2.06. The van der Waals surface area contributed by atoms with Gasteiger partial charge in [-0.1, -0.05) is 19.8 Å².